The maximum atomic E-state index is 10.7. The predicted octanol–water partition coefficient (Wildman–Crippen LogP) is 2.39. The molecule has 7 heteroatoms. The fraction of sp³-hybridized carbons (Fsp3) is 0.500. The van der Waals surface area contributed by atoms with E-state index in [1.807, 2.05) is 6.92 Å². The Morgan fingerprint density at radius 3 is 2.71 bits per heavy atom. The van der Waals surface area contributed by atoms with E-state index in [-0.39, 0.29) is 5.69 Å². The molecule has 0 fully saturated rings. The van der Waals surface area contributed by atoms with Crippen molar-refractivity contribution < 1.29 is 14.4 Å². The van der Waals surface area contributed by atoms with Crippen molar-refractivity contribution in [2.75, 3.05) is 13.7 Å². The summed E-state index contributed by atoms with van der Waals surface area (Å²) in [4.78, 5) is 10.2. The van der Waals surface area contributed by atoms with Crippen molar-refractivity contribution in [2.24, 2.45) is 5.73 Å². The molecule has 0 saturated heterocycles. The van der Waals surface area contributed by atoms with E-state index in [0.717, 1.165) is 0 Å². The lowest BCUT2D eigenvalue weighted by Crippen LogP contribution is -2.37. The monoisotopic (exact) mass is 293 g/mol. The van der Waals surface area contributed by atoms with E-state index in [1.165, 1.54) is 25.3 Å². The maximum absolute atomic E-state index is 10.7. The number of methoxy groups -OCH3 is 1. The summed E-state index contributed by atoms with van der Waals surface area (Å²) in [5, 5.41) is 19.6. The second-order valence-electron chi connectivity index (χ2n) is 4.67. The van der Waals surface area contributed by atoms with Crippen LogP contribution in [0.5, 0.6) is 11.5 Å². The fourth-order valence-corrected chi connectivity index (χ4v) is 1.77. The van der Waals surface area contributed by atoms with Gasteiger partial charge in [-0.2, -0.15) is 5.26 Å². The summed E-state index contributed by atoms with van der Waals surface area (Å²) in [5.74, 6) is 0.734. The van der Waals surface area contributed by atoms with E-state index < -0.39 is 10.5 Å². The number of rotatable bonds is 8. The van der Waals surface area contributed by atoms with E-state index in [1.54, 1.807) is 0 Å². The molecule has 1 atom stereocenters. The molecule has 0 aliphatic carbocycles. The molecule has 0 radical (unpaired) electrons. The Kier molecular flexibility index (Phi) is 5.93. The fourth-order valence-electron chi connectivity index (χ4n) is 1.77. The van der Waals surface area contributed by atoms with Gasteiger partial charge in [-0.05, 0) is 25.3 Å². The number of hydrogen-bond acceptors (Lipinski definition) is 6. The molecule has 0 aliphatic heterocycles. The van der Waals surface area contributed by atoms with E-state index >= 15 is 0 Å². The Balaban J connectivity index is 2.60. The third kappa shape index (κ3) is 4.61. The first-order chi connectivity index (χ1) is 9.95. The zero-order valence-corrected chi connectivity index (χ0v) is 12.2. The molecular formula is C14H19N3O4. The number of hydrogen-bond donors (Lipinski definition) is 1. The average Bonchev–Trinajstić information content (AvgIpc) is 2.51. The minimum absolute atomic E-state index is 0.0596. The molecule has 0 heterocycles. The van der Waals surface area contributed by atoms with Crippen LogP contribution in [0.2, 0.25) is 0 Å². The molecule has 21 heavy (non-hydrogen) atoms. The molecular weight excluding hydrogens is 274 g/mol. The van der Waals surface area contributed by atoms with Gasteiger partial charge in [-0.3, -0.25) is 10.1 Å². The second-order valence-corrected chi connectivity index (χ2v) is 4.67. The van der Waals surface area contributed by atoms with Crippen LogP contribution in [0.15, 0.2) is 18.2 Å². The van der Waals surface area contributed by atoms with Gasteiger partial charge in [-0.25, -0.2) is 0 Å². The molecule has 2 N–H and O–H groups in total. The minimum atomic E-state index is -0.830. The molecule has 1 aromatic carbocycles. The van der Waals surface area contributed by atoms with Crippen molar-refractivity contribution >= 4 is 5.69 Å². The molecule has 0 amide bonds. The lowest BCUT2D eigenvalue weighted by molar-refractivity contribution is -0.384. The Bertz CT molecular complexity index is 542. The first-order valence-electron chi connectivity index (χ1n) is 6.61. The summed E-state index contributed by atoms with van der Waals surface area (Å²) in [6, 6.07) is 6.25. The Morgan fingerprint density at radius 1 is 1.48 bits per heavy atom. The van der Waals surface area contributed by atoms with Crippen molar-refractivity contribution in [3.05, 3.63) is 28.3 Å². The minimum Gasteiger partial charge on any atom is -0.493 e. The predicted molar refractivity (Wildman–Crippen MR) is 77.2 cm³/mol. The van der Waals surface area contributed by atoms with Crippen LogP contribution in [-0.4, -0.2) is 24.2 Å². The Hall–Kier alpha value is -2.33. The number of nitrogens with two attached hydrogens (primary N) is 1. The van der Waals surface area contributed by atoms with Crippen LogP contribution in [0, 0.1) is 21.4 Å². The molecule has 0 aromatic heterocycles. The van der Waals surface area contributed by atoms with Crippen molar-refractivity contribution in [3.8, 4) is 17.6 Å². The number of nitriles is 1. The summed E-state index contributed by atoms with van der Waals surface area (Å²) in [6.07, 6.45) is 1.71. The summed E-state index contributed by atoms with van der Waals surface area (Å²) < 4.78 is 10.6. The van der Waals surface area contributed by atoms with Crippen LogP contribution >= 0.6 is 0 Å². The molecule has 1 rings (SSSR count). The Morgan fingerprint density at radius 2 is 2.19 bits per heavy atom. The molecule has 7 nitrogen and oxygen atoms in total. The first kappa shape index (κ1) is 16.7. The second kappa shape index (κ2) is 7.45. The number of nitro groups is 1. The quantitative estimate of drug-likeness (QED) is 0.447. The third-order valence-electron chi connectivity index (χ3n) is 3.24. The molecule has 1 unspecified atom stereocenters. The zero-order chi connectivity index (χ0) is 15.9. The van der Waals surface area contributed by atoms with Crippen LogP contribution in [0.1, 0.15) is 26.2 Å². The maximum Gasteiger partial charge on any atom is 0.273 e. The lowest BCUT2D eigenvalue weighted by atomic mass is 9.94. The van der Waals surface area contributed by atoms with Gasteiger partial charge in [0, 0.05) is 6.07 Å². The molecule has 0 bridgehead atoms. The van der Waals surface area contributed by atoms with Crippen molar-refractivity contribution in [1.29, 1.82) is 5.26 Å². The third-order valence-corrected chi connectivity index (χ3v) is 3.24. The SMILES string of the molecule is CCC(N)(C#N)CCCOc1ccc([N+](=O)[O-])cc1OC. The Labute approximate surface area is 123 Å². The molecule has 0 spiro atoms. The number of benzene rings is 1. The summed E-state index contributed by atoms with van der Waals surface area (Å²) in [7, 11) is 1.42. The largest absolute Gasteiger partial charge is 0.493 e. The highest BCUT2D eigenvalue weighted by atomic mass is 16.6. The topological polar surface area (TPSA) is 111 Å². The number of nitrogens with zero attached hydrogens (tertiary/aromatic N) is 2. The van der Waals surface area contributed by atoms with Gasteiger partial charge in [-0.15, -0.1) is 0 Å². The van der Waals surface area contributed by atoms with Crippen LogP contribution < -0.4 is 15.2 Å². The highest BCUT2D eigenvalue weighted by Gasteiger charge is 2.21. The number of nitro benzene ring substituents is 1. The number of non-ortho nitro benzene ring substituents is 1. The molecule has 114 valence electrons. The molecule has 0 aliphatic rings. The van der Waals surface area contributed by atoms with E-state index in [2.05, 4.69) is 6.07 Å². The van der Waals surface area contributed by atoms with Crippen molar-refractivity contribution in [3.63, 3.8) is 0 Å². The van der Waals surface area contributed by atoms with Crippen LogP contribution in [0.4, 0.5) is 5.69 Å². The van der Waals surface area contributed by atoms with Gasteiger partial charge >= 0.3 is 0 Å². The van der Waals surface area contributed by atoms with E-state index in [0.29, 0.717) is 37.4 Å². The number of ether oxygens (including phenoxy) is 2. The van der Waals surface area contributed by atoms with Crippen molar-refractivity contribution in [1.82, 2.24) is 0 Å². The van der Waals surface area contributed by atoms with E-state index in [4.69, 9.17) is 20.5 Å². The molecule has 1 aromatic rings. The standard InChI is InChI=1S/C14H19N3O4/c1-3-14(16,10-15)7-4-8-21-12-6-5-11(17(18)19)9-13(12)20-2/h5-6,9H,3-4,7-8,16H2,1-2H3. The van der Waals surface area contributed by atoms with Gasteiger partial charge < -0.3 is 15.2 Å². The lowest BCUT2D eigenvalue weighted by Gasteiger charge is -2.19. The van der Waals surface area contributed by atoms with E-state index in [9.17, 15) is 10.1 Å². The van der Waals surface area contributed by atoms with Gasteiger partial charge in [-0.1, -0.05) is 6.92 Å². The van der Waals surface area contributed by atoms with Gasteiger partial charge in [0.05, 0.1) is 30.8 Å². The summed E-state index contributed by atoms with van der Waals surface area (Å²) >= 11 is 0. The van der Waals surface area contributed by atoms with Crippen molar-refractivity contribution in [2.45, 2.75) is 31.7 Å². The highest BCUT2D eigenvalue weighted by molar-refractivity contribution is 5.48. The van der Waals surface area contributed by atoms with Crippen LogP contribution in [-0.2, 0) is 0 Å². The first-order valence-corrected chi connectivity index (χ1v) is 6.61. The van der Waals surface area contributed by atoms with Gasteiger partial charge in [0.25, 0.3) is 5.69 Å². The average molecular weight is 293 g/mol. The zero-order valence-electron chi connectivity index (χ0n) is 12.2. The van der Waals surface area contributed by atoms with Crippen LogP contribution in [0.25, 0.3) is 0 Å². The normalized spacial score (nSPS) is 13.0. The van der Waals surface area contributed by atoms with Gasteiger partial charge in [0.1, 0.15) is 5.54 Å². The van der Waals surface area contributed by atoms with Crippen LogP contribution in [0.3, 0.4) is 0 Å². The summed E-state index contributed by atoms with van der Waals surface area (Å²) in [6.45, 7) is 2.22. The van der Waals surface area contributed by atoms with Gasteiger partial charge in [0.15, 0.2) is 11.5 Å². The molecule has 0 saturated carbocycles. The highest BCUT2D eigenvalue weighted by Crippen LogP contribution is 2.31. The smallest absolute Gasteiger partial charge is 0.273 e. The van der Waals surface area contributed by atoms with Gasteiger partial charge in [0.2, 0.25) is 0 Å². The summed E-state index contributed by atoms with van der Waals surface area (Å²) in [5.41, 5.74) is 4.98.